The summed E-state index contributed by atoms with van der Waals surface area (Å²) in [4.78, 5) is 39.4. The van der Waals surface area contributed by atoms with E-state index in [9.17, 15) is 14.5 Å². The maximum atomic E-state index is 12.8. The predicted molar refractivity (Wildman–Crippen MR) is 129 cm³/mol. The Morgan fingerprint density at radius 2 is 1.97 bits per heavy atom. The lowest BCUT2D eigenvalue weighted by atomic mass is 9.96. The molecule has 3 N–H and O–H groups in total. The highest BCUT2D eigenvalue weighted by molar-refractivity contribution is 6.23. The summed E-state index contributed by atoms with van der Waals surface area (Å²) in [7, 11) is 2.69. The van der Waals surface area contributed by atoms with Gasteiger partial charge in [0, 0.05) is 41.0 Å². The first-order valence-corrected chi connectivity index (χ1v) is 11.0. The van der Waals surface area contributed by atoms with E-state index in [1.54, 1.807) is 0 Å². The number of nitrogens with one attached hydrogen (secondary N) is 1. The average molecular weight is 464 g/mol. The molecule has 2 heterocycles. The highest BCUT2D eigenvalue weighted by Crippen LogP contribution is 2.37. The van der Waals surface area contributed by atoms with E-state index in [-0.39, 0.29) is 0 Å². The molecule has 0 aliphatic rings. The van der Waals surface area contributed by atoms with E-state index in [1.807, 2.05) is 36.5 Å². The first kappa shape index (κ1) is 23.1. The fourth-order valence-electron chi connectivity index (χ4n) is 4.23. The molecule has 10 nitrogen and oxygen atoms in total. The smallest absolute Gasteiger partial charge is 0.340 e. The van der Waals surface area contributed by atoms with Crippen molar-refractivity contribution in [3.63, 3.8) is 0 Å². The molecule has 2 amide bonds. The molecule has 4 aromatic rings. The van der Waals surface area contributed by atoms with Crippen LogP contribution in [0.15, 0.2) is 48.0 Å². The molecule has 0 atom stereocenters. The summed E-state index contributed by atoms with van der Waals surface area (Å²) >= 11 is 0. The Hall–Kier alpha value is -4.05. The maximum Gasteiger partial charge on any atom is 0.340 e. The monoisotopic (exact) mass is 463 g/mol. The van der Waals surface area contributed by atoms with Gasteiger partial charge in [0.05, 0.1) is 55.2 Å². The number of amides is 2. The third kappa shape index (κ3) is 4.27. The van der Waals surface area contributed by atoms with E-state index in [1.165, 1.54) is 14.2 Å². The van der Waals surface area contributed by atoms with E-state index < -0.39 is 12.0 Å². The normalized spacial score (nSPS) is 11.1. The predicted octanol–water partition coefficient (Wildman–Crippen LogP) is 2.32. The number of hydrogen-bond donors (Lipinski definition) is 2. The number of rotatable bonds is 8. The fraction of sp³-hybridized carbons (Fsp3) is 0.292. The Balaban J connectivity index is 1.58. The van der Waals surface area contributed by atoms with Crippen molar-refractivity contribution < 1.29 is 19.6 Å². The van der Waals surface area contributed by atoms with Crippen LogP contribution in [0.2, 0.25) is 0 Å². The van der Waals surface area contributed by atoms with E-state index in [4.69, 9.17) is 9.72 Å². The van der Waals surface area contributed by atoms with Gasteiger partial charge < -0.3 is 19.9 Å². The van der Waals surface area contributed by atoms with E-state index >= 15 is 0 Å². The molecule has 0 aliphatic carbocycles. The minimum absolute atomic E-state index is 0.402. The minimum Gasteiger partial charge on any atom is -0.465 e. The fourth-order valence-corrected chi connectivity index (χ4v) is 4.23. The number of quaternary nitrogens is 1. The van der Waals surface area contributed by atoms with Crippen LogP contribution in [-0.2, 0) is 11.3 Å². The molecule has 4 rings (SSSR count). The van der Waals surface area contributed by atoms with Crippen LogP contribution in [0.4, 0.5) is 4.79 Å². The number of ether oxygens (including phenoxy) is 1. The number of esters is 1. The van der Waals surface area contributed by atoms with Crippen LogP contribution in [-0.4, -0.2) is 60.4 Å². The van der Waals surface area contributed by atoms with Crippen molar-refractivity contribution in [3.05, 3.63) is 58.8 Å². The summed E-state index contributed by atoms with van der Waals surface area (Å²) in [6, 6.07) is 9.31. The van der Waals surface area contributed by atoms with Crippen LogP contribution in [0.3, 0.4) is 0 Å². The summed E-state index contributed by atoms with van der Waals surface area (Å²) in [6.07, 6.45) is 4.00. The Kier molecular flexibility index (Phi) is 6.69. The molecule has 2 aromatic heterocycles. The van der Waals surface area contributed by atoms with E-state index in [2.05, 4.69) is 33.6 Å². The summed E-state index contributed by atoms with van der Waals surface area (Å²) in [5.74, 6) is -0.402. The number of aromatic nitrogens is 2. The zero-order valence-electron chi connectivity index (χ0n) is 19.4. The van der Waals surface area contributed by atoms with Gasteiger partial charge in [0.1, 0.15) is 0 Å². The van der Waals surface area contributed by atoms with Crippen LogP contribution < -0.4 is 10.6 Å². The van der Waals surface area contributed by atoms with Gasteiger partial charge in [0.15, 0.2) is 0 Å². The number of para-hydroxylation sites is 1. The van der Waals surface area contributed by atoms with Gasteiger partial charge in [-0.3, -0.25) is 0 Å². The average Bonchev–Trinajstić information content (AvgIpc) is 3.24. The quantitative estimate of drug-likeness (QED) is 0.180. The number of urea groups is 1. The van der Waals surface area contributed by atoms with Crippen molar-refractivity contribution >= 4 is 44.6 Å². The molecule has 0 bridgehead atoms. The summed E-state index contributed by atoms with van der Waals surface area (Å²) in [5.41, 5.74) is 3.08. The number of nitrogens with two attached hydrogens (primary N) is 1. The number of hydrogen-bond acceptors (Lipinski definition) is 6. The second-order valence-electron chi connectivity index (χ2n) is 8.06. The minimum atomic E-state index is -0.523. The standard InChI is InChI=1S/C24H26N6O4/c1-15-18-14-30(13-11-25-9-10-26-24(32)29(2)28-33)12-8-16(18)21(23(31)34-3)22-20(15)17-6-4-5-7-19(17)27-22/h4-8,12,14,25H,9-11,13H2,1-3H3,(H,26,32)/p+1. The molecule has 0 spiro atoms. The van der Waals surface area contributed by atoms with Crippen molar-refractivity contribution in [2.45, 2.75) is 13.5 Å². The Morgan fingerprint density at radius 3 is 2.74 bits per heavy atom. The maximum absolute atomic E-state index is 12.8. The molecule has 2 aromatic carbocycles. The van der Waals surface area contributed by atoms with Crippen molar-refractivity contribution in [2.75, 3.05) is 33.8 Å². The molecule has 176 valence electrons. The van der Waals surface area contributed by atoms with Crippen molar-refractivity contribution in [1.82, 2.24) is 19.9 Å². The molecular weight excluding hydrogens is 436 g/mol. The lowest BCUT2D eigenvalue weighted by Gasteiger charge is -2.14. The van der Waals surface area contributed by atoms with E-state index in [0.717, 1.165) is 50.7 Å². The number of benzene rings is 2. The number of fused-ring (bicyclic) bond motifs is 4. The molecule has 0 aliphatic heterocycles. The van der Waals surface area contributed by atoms with Gasteiger partial charge in [0.2, 0.25) is 0 Å². The largest absolute Gasteiger partial charge is 0.465 e. The third-order valence-electron chi connectivity index (χ3n) is 5.97. The van der Waals surface area contributed by atoms with Crippen LogP contribution in [0.25, 0.3) is 32.6 Å². The van der Waals surface area contributed by atoms with Gasteiger partial charge >= 0.3 is 12.0 Å². The number of carbonyl (C=O) groups is 2. The van der Waals surface area contributed by atoms with Crippen molar-refractivity contribution in [2.24, 2.45) is 5.29 Å². The highest BCUT2D eigenvalue weighted by Gasteiger charge is 2.22. The van der Waals surface area contributed by atoms with Gasteiger partial charge in [-0.25, -0.2) is 14.6 Å². The zero-order chi connectivity index (χ0) is 24.2. The van der Waals surface area contributed by atoms with E-state index in [0.29, 0.717) is 24.2 Å². The number of nitroso groups, excluding NO2 is 1. The Morgan fingerprint density at radius 1 is 1.18 bits per heavy atom. The lowest BCUT2D eigenvalue weighted by Crippen LogP contribution is -2.86. The van der Waals surface area contributed by atoms with Gasteiger partial charge in [-0.2, -0.15) is 5.01 Å². The lowest BCUT2D eigenvalue weighted by molar-refractivity contribution is -0.653. The Labute approximate surface area is 195 Å². The first-order valence-electron chi connectivity index (χ1n) is 11.0. The summed E-state index contributed by atoms with van der Waals surface area (Å²) in [6.45, 7) is 4.69. The highest BCUT2D eigenvalue weighted by atomic mass is 16.5. The second-order valence-corrected chi connectivity index (χ2v) is 8.06. The number of pyridine rings is 1. The number of nitrogens with zero attached hydrogens (tertiary/aromatic N) is 4. The van der Waals surface area contributed by atoms with Crippen molar-refractivity contribution in [3.8, 4) is 0 Å². The zero-order valence-corrected chi connectivity index (χ0v) is 19.4. The third-order valence-corrected chi connectivity index (χ3v) is 5.97. The van der Waals surface area contributed by atoms with Crippen molar-refractivity contribution in [1.29, 1.82) is 0 Å². The molecule has 0 unspecified atom stereocenters. The van der Waals surface area contributed by atoms with Crippen LogP contribution >= 0.6 is 0 Å². The van der Waals surface area contributed by atoms with Gasteiger partial charge in [-0.1, -0.05) is 18.2 Å². The molecule has 10 heteroatoms. The molecule has 0 saturated carbocycles. The molecular formula is C24H27N6O4+. The number of carbonyl (C=O) groups excluding carboxylic acids is 2. The topological polar surface area (TPSA) is 122 Å². The molecule has 0 radical (unpaired) electrons. The number of methoxy groups -OCH3 is 1. The molecule has 34 heavy (non-hydrogen) atoms. The van der Waals surface area contributed by atoms with Gasteiger partial charge in [0.25, 0.3) is 0 Å². The molecule has 0 saturated heterocycles. The van der Waals surface area contributed by atoms with Crippen LogP contribution in [0.1, 0.15) is 15.9 Å². The Bertz CT molecular complexity index is 1400. The van der Waals surface area contributed by atoms with Crippen LogP contribution in [0, 0.1) is 11.8 Å². The van der Waals surface area contributed by atoms with Gasteiger partial charge in [-0.15, -0.1) is 4.91 Å². The van der Waals surface area contributed by atoms with Gasteiger partial charge in [-0.05, 0) is 24.6 Å². The summed E-state index contributed by atoms with van der Waals surface area (Å²) in [5, 5.41) is 11.8. The number of aryl methyl sites for hydroxylation is 1. The SMILES string of the molecule is COC(=O)c1c2ccn(CC[NH2+]CCNC(=O)N(C)N=O)cc2c(C)c2c1nc1ccccc12. The van der Waals surface area contributed by atoms with Crippen LogP contribution in [0.5, 0.6) is 0 Å². The molecule has 0 fully saturated rings. The first-order chi connectivity index (χ1) is 16.5. The second kappa shape index (κ2) is 9.84. The summed E-state index contributed by atoms with van der Waals surface area (Å²) < 4.78 is 7.20.